The van der Waals surface area contributed by atoms with Gasteiger partial charge in [0.1, 0.15) is 0 Å². The summed E-state index contributed by atoms with van der Waals surface area (Å²) in [6.45, 7) is 2.95. The molecular weight excluding hydrogens is 408 g/mol. The number of hydrogen-bond acceptors (Lipinski definition) is 5. The van der Waals surface area contributed by atoms with Gasteiger partial charge < -0.3 is 9.64 Å². The molecule has 1 aromatic rings. The number of carbonyl (C=O) groups is 2. The Morgan fingerprint density at radius 3 is 2.55 bits per heavy atom. The lowest BCUT2D eigenvalue weighted by Crippen LogP contribution is -2.52. The van der Waals surface area contributed by atoms with Crippen molar-refractivity contribution in [1.29, 1.82) is 0 Å². The SMILES string of the molecule is CCC(CN(C)SC1CC1)N1C(=O)[C@@H](CC(=O)OC)CCC1c1ccc(Cl)cc1. The molecule has 0 bridgehead atoms. The number of likely N-dealkylation sites (N-methyl/N-ethyl adjacent to an activating group) is 1. The smallest absolute Gasteiger partial charge is 0.306 e. The maximum atomic E-state index is 13.5. The van der Waals surface area contributed by atoms with Gasteiger partial charge in [0.2, 0.25) is 5.91 Å². The van der Waals surface area contributed by atoms with Gasteiger partial charge in [-0.25, -0.2) is 0 Å². The van der Waals surface area contributed by atoms with E-state index >= 15 is 0 Å². The molecule has 160 valence electrons. The minimum absolute atomic E-state index is 0.0120. The monoisotopic (exact) mass is 438 g/mol. The predicted octanol–water partition coefficient (Wildman–Crippen LogP) is 4.70. The molecule has 2 fully saturated rings. The lowest BCUT2D eigenvalue weighted by Gasteiger charge is -2.45. The van der Waals surface area contributed by atoms with Crippen LogP contribution in [0.4, 0.5) is 0 Å². The van der Waals surface area contributed by atoms with Crippen molar-refractivity contribution in [3.8, 4) is 0 Å². The van der Waals surface area contributed by atoms with E-state index in [2.05, 4.69) is 18.3 Å². The second-order valence-corrected chi connectivity index (χ2v) is 9.98. The van der Waals surface area contributed by atoms with Gasteiger partial charge in [0.05, 0.1) is 19.6 Å². The summed E-state index contributed by atoms with van der Waals surface area (Å²) in [6.07, 6.45) is 5.12. The molecule has 5 nitrogen and oxygen atoms in total. The molecule has 3 rings (SSSR count). The first-order valence-electron chi connectivity index (χ1n) is 10.4. The van der Waals surface area contributed by atoms with E-state index in [0.717, 1.165) is 30.2 Å². The zero-order chi connectivity index (χ0) is 21.0. The molecule has 0 radical (unpaired) electrons. The first kappa shape index (κ1) is 22.4. The van der Waals surface area contributed by atoms with Gasteiger partial charge in [-0.05, 0) is 56.8 Å². The Hall–Kier alpha value is -1.24. The fourth-order valence-electron chi connectivity index (χ4n) is 4.09. The van der Waals surface area contributed by atoms with Crippen molar-refractivity contribution in [3.05, 3.63) is 34.9 Å². The summed E-state index contributed by atoms with van der Waals surface area (Å²) in [5.41, 5.74) is 1.11. The van der Waals surface area contributed by atoms with E-state index in [1.54, 1.807) is 0 Å². The van der Waals surface area contributed by atoms with Crippen LogP contribution in [-0.2, 0) is 14.3 Å². The first-order valence-corrected chi connectivity index (χ1v) is 11.7. The van der Waals surface area contributed by atoms with Crippen LogP contribution in [0.3, 0.4) is 0 Å². The van der Waals surface area contributed by atoms with Gasteiger partial charge in [-0.2, -0.15) is 0 Å². The minimum atomic E-state index is -0.317. The molecule has 0 aromatic heterocycles. The van der Waals surface area contributed by atoms with Crippen molar-refractivity contribution < 1.29 is 14.3 Å². The second-order valence-electron chi connectivity index (χ2n) is 8.04. The van der Waals surface area contributed by atoms with Gasteiger partial charge >= 0.3 is 5.97 Å². The largest absolute Gasteiger partial charge is 0.469 e. The molecule has 1 saturated carbocycles. The third-order valence-electron chi connectivity index (χ3n) is 5.81. The van der Waals surface area contributed by atoms with Gasteiger partial charge in [0.15, 0.2) is 0 Å². The quantitative estimate of drug-likeness (QED) is 0.413. The predicted molar refractivity (Wildman–Crippen MR) is 118 cm³/mol. The van der Waals surface area contributed by atoms with Gasteiger partial charge in [0.25, 0.3) is 0 Å². The molecule has 1 amide bonds. The highest BCUT2D eigenvalue weighted by atomic mass is 35.5. The van der Waals surface area contributed by atoms with Crippen molar-refractivity contribution in [2.45, 2.75) is 62.8 Å². The number of rotatable bonds is 9. The van der Waals surface area contributed by atoms with Crippen LogP contribution < -0.4 is 0 Å². The van der Waals surface area contributed by atoms with Gasteiger partial charge in [-0.3, -0.25) is 13.9 Å². The Balaban J connectivity index is 1.82. The summed E-state index contributed by atoms with van der Waals surface area (Å²) in [5.74, 6) is -0.553. The topological polar surface area (TPSA) is 49.9 Å². The average Bonchev–Trinajstić information content (AvgIpc) is 3.52. The highest BCUT2D eigenvalue weighted by Gasteiger charge is 2.40. The van der Waals surface area contributed by atoms with E-state index in [1.165, 1.54) is 20.0 Å². The molecule has 1 aromatic carbocycles. The van der Waals surface area contributed by atoms with Crippen molar-refractivity contribution in [3.63, 3.8) is 0 Å². The molecule has 1 saturated heterocycles. The maximum absolute atomic E-state index is 13.5. The summed E-state index contributed by atoms with van der Waals surface area (Å²) < 4.78 is 7.11. The normalized spacial score (nSPS) is 23.3. The number of nitrogens with zero attached hydrogens (tertiary/aromatic N) is 2. The molecule has 29 heavy (non-hydrogen) atoms. The molecule has 7 heteroatoms. The Labute approximate surface area is 183 Å². The molecule has 2 unspecified atom stereocenters. The molecule has 2 aliphatic rings. The van der Waals surface area contributed by atoms with Crippen LogP contribution in [-0.4, -0.2) is 53.1 Å². The lowest BCUT2D eigenvalue weighted by atomic mass is 9.85. The zero-order valence-corrected chi connectivity index (χ0v) is 19.0. The number of carbonyl (C=O) groups excluding carboxylic acids is 2. The number of esters is 1. The van der Waals surface area contributed by atoms with Gasteiger partial charge in [0, 0.05) is 28.8 Å². The number of piperidine rings is 1. The van der Waals surface area contributed by atoms with Crippen molar-refractivity contribution in [2.75, 3.05) is 20.7 Å². The number of methoxy groups -OCH3 is 1. The molecule has 3 atom stereocenters. The molecule has 0 spiro atoms. The zero-order valence-electron chi connectivity index (χ0n) is 17.5. The number of hydrogen-bond donors (Lipinski definition) is 0. The van der Waals surface area contributed by atoms with Crippen LogP contribution in [0, 0.1) is 5.92 Å². The van der Waals surface area contributed by atoms with E-state index in [1.807, 2.05) is 41.1 Å². The molecule has 1 aliphatic carbocycles. The Morgan fingerprint density at radius 1 is 1.28 bits per heavy atom. The molecular formula is C22H31ClN2O3S. The van der Waals surface area contributed by atoms with Crippen LogP contribution in [0.15, 0.2) is 24.3 Å². The molecule has 1 heterocycles. The number of likely N-dealkylation sites (tertiary alicyclic amines) is 1. The van der Waals surface area contributed by atoms with Crippen LogP contribution in [0.1, 0.15) is 57.1 Å². The summed E-state index contributed by atoms with van der Waals surface area (Å²) in [4.78, 5) is 27.4. The van der Waals surface area contributed by atoms with Crippen molar-refractivity contribution in [2.24, 2.45) is 5.92 Å². The summed E-state index contributed by atoms with van der Waals surface area (Å²) in [6, 6.07) is 7.91. The summed E-state index contributed by atoms with van der Waals surface area (Å²) >= 11 is 7.98. The van der Waals surface area contributed by atoms with Gasteiger partial charge in [-0.15, -0.1) is 0 Å². The van der Waals surface area contributed by atoms with Crippen LogP contribution >= 0.6 is 23.5 Å². The number of halogens is 1. The minimum Gasteiger partial charge on any atom is -0.469 e. The number of benzene rings is 1. The van der Waals surface area contributed by atoms with Gasteiger partial charge in [-0.1, -0.05) is 42.6 Å². The van der Waals surface area contributed by atoms with E-state index in [0.29, 0.717) is 11.4 Å². The maximum Gasteiger partial charge on any atom is 0.306 e. The van der Waals surface area contributed by atoms with Crippen molar-refractivity contribution in [1.82, 2.24) is 9.21 Å². The summed E-state index contributed by atoms with van der Waals surface area (Å²) in [5, 5.41) is 1.42. The third-order valence-corrected chi connectivity index (χ3v) is 7.34. The standard InChI is InChI=1S/C22H31ClN2O3S/c1-4-18(14-24(2)29-19-10-11-19)25-20(15-5-8-17(23)9-6-15)12-7-16(22(25)27)13-21(26)28-3/h5-6,8-9,16,18-20H,4,7,10-14H2,1-3H3/t16-,18?,20?/m1/s1. The van der Waals surface area contributed by atoms with E-state index < -0.39 is 0 Å². The van der Waals surface area contributed by atoms with E-state index in [4.69, 9.17) is 16.3 Å². The fraction of sp³-hybridized carbons (Fsp3) is 0.636. The molecule has 0 N–H and O–H groups in total. The van der Waals surface area contributed by atoms with Crippen molar-refractivity contribution >= 4 is 35.4 Å². The van der Waals surface area contributed by atoms with Crippen LogP contribution in [0.25, 0.3) is 0 Å². The molecule has 1 aliphatic heterocycles. The number of ether oxygens (including phenoxy) is 1. The highest BCUT2D eigenvalue weighted by molar-refractivity contribution is 7.97. The van der Waals surface area contributed by atoms with Crippen LogP contribution in [0.5, 0.6) is 0 Å². The Bertz CT molecular complexity index is 711. The average molecular weight is 439 g/mol. The lowest BCUT2D eigenvalue weighted by molar-refractivity contribution is -0.152. The summed E-state index contributed by atoms with van der Waals surface area (Å²) in [7, 11) is 3.49. The number of amides is 1. The second kappa shape index (κ2) is 10.2. The Morgan fingerprint density at radius 2 is 1.97 bits per heavy atom. The van der Waals surface area contributed by atoms with E-state index in [-0.39, 0.29) is 36.3 Å². The first-order chi connectivity index (χ1) is 13.9. The fourth-order valence-corrected chi connectivity index (χ4v) is 5.33. The third kappa shape index (κ3) is 5.89. The van der Waals surface area contributed by atoms with Crippen LogP contribution in [0.2, 0.25) is 5.02 Å². The van der Waals surface area contributed by atoms with E-state index in [9.17, 15) is 9.59 Å². The highest BCUT2D eigenvalue weighted by Crippen LogP contribution is 2.40. The Kier molecular flexibility index (Phi) is 7.88.